The topological polar surface area (TPSA) is 29.5 Å². The zero-order valence-corrected chi connectivity index (χ0v) is 11.1. The number of hydrogen-bond acceptors (Lipinski definition) is 3. The Morgan fingerprint density at radius 2 is 2.06 bits per heavy atom. The van der Waals surface area contributed by atoms with Gasteiger partial charge < -0.3 is 9.64 Å². The van der Waals surface area contributed by atoms with Crippen LogP contribution in [0.25, 0.3) is 0 Å². The molecule has 0 saturated heterocycles. The van der Waals surface area contributed by atoms with E-state index in [2.05, 4.69) is 25.9 Å². The molecular weight excluding hydrogens is 202 g/mol. The summed E-state index contributed by atoms with van der Waals surface area (Å²) in [7, 11) is 4.11. The second kappa shape index (κ2) is 5.67. The van der Waals surface area contributed by atoms with Crippen molar-refractivity contribution in [2.24, 2.45) is 5.92 Å². The van der Waals surface area contributed by atoms with Gasteiger partial charge in [0.15, 0.2) is 0 Å². The lowest BCUT2D eigenvalue weighted by molar-refractivity contribution is -0.146. The molecule has 0 aliphatic heterocycles. The second-order valence-corrected chi connectivity index (χ2v) is 5.37. The molecule has 0 aromatic rings. The summed E-state index contributed by atoms with van der Waals surface area (Å²) in [5.74, 6) is 0.736. The average molecular weight is 227 g/mol. The van der Waals surface area contributed by atoms with Crippen LogP contribution in [0.5, 0.6) is 0 Å². The lowest BCUT2D eigenvalue weighted by atomic mass is 9.75. The highest BCUT2D eigenvalue weighted by Gasteiger charge is 2.35. The summed E-state index contributed by atoms with van der Waals surface area (Å²) >= 11 is 0. The molecule has 3 nitrogen and oxygen atoms in total. The van der Waals surface area contributed by atoms with E-state index in [1.165, 1.54) is 19.3 Å². The van der Waals surface area contributed by atoms with Crippen molar-refractivity contribution in [2.45, 2.75) is 51.5 Å². The maximum absolute atomic E-state index is 11.6. The van der Waals surface area contributed by atoms with Gasteiger partial charge in [-0.2, -0.15) is 0 Å². The normalized spacial score (nSPS) is 20.3. The summed E-state index contributed by atoms with van der Waals surface area (Å²) in [5.41, 5.74) is -0.0443. The minimum Gasteiger partial charge on any atom is -0.466 e. The molecule has 1 fully saturated rings. The largest absolute Gasteiger partial charge is 0.466 e. The van der Waals surface area contributed by atoms with Crippen molar-refractivity contribution in [1.82, 2.24) is 4.90 Å². The van der Waals surface area contributed by atoms with Crippen molar-refractivity contribution >= 4 is 5.97 Å². The molecule has 0 spiro atoms. The van der Waals surface area contributed by atoms with Gasteiger partial charge in [0.2, 0.25) is 0 Å². The molecule has 94 valence electrons. The predicted octanol–water partition coefficient (Wildman–Crippen LogP) is 2.45. The van der Waals surface area contributed by atoms with Gasteiger partial charge in [-0.05, 0) is 40.3 Å². The van der Waals surface area contributed by atoms with Crippen LogP contribution >= 0.6 is 0 Å². The van der Waals surface area contributed by atoms with Crippen LogP contribution in [0.1, 0.15) is 46.0 Å². The van der Waals surface area contributed by atoms with Crippen LogP contribution in [0, 0.1) is 5.92 Å². The van der Waals surface area contributed by atoms with E-state index in [-0.39, 0.29) is 11.5 Å². The molecule has 0 aromatic carbocycles. The maximum Gasteiger partial charge on any atom is 0.307 e. The minimum atomic E-state index is -0.0713. The van der Waals surface area contributed by atoms with Crippen LogP contribution in [0.3, 0.4) is 0 Å². The van der Waals surface area contributed by atoms with Crippen LogP contribution < -0.4 is 0 Å². The van der Waals surface area contributed by atoms with Crippen molar-refractivity contribution in [3.05, 3.63) is 0 Å². The van der Waals surface area contributed by atoms with Crippen LogP contribution in [0.4, 0.5) is 0 Å². The summed E-state index contributed by atoms with van der Waals surface area (Å²) < 4.78 is 5.06. The van der Waals surface area contributed by atoms with Crippen LogP contribution in [-0.2, 0) is 9.53 Å². The molecule has 0 radical (unpaired) electrons. The number of esters is 1. The third kappa shape index (κ3) is 3.48. The smallest absolute Gasteiger partial charge is 0.307 e. The highest BCUT2D eigenvalue weighted by molar-refractivity contribution is 5.70. The van der Waals surface area contributed by atoms with Crippen LogP contribution in [0.2, 0.25) is 0 Å². The molecule has 1 atom stereocenters. The molecule has 1 saturated carbocycles. The van der Waals surface area contributed by atoms with Gasteiger partial charge in [-0.25, -0.2) is 0 Å². The predicted molar refractivity (Wildman–Crippen MR) is 65.3 cm³/mol. The Hall–Kier alpha value is -0.570. The van der Waals surface area contributed by atoms with E-state index >= 15 is 0 Å². The first kappa shape index (κ1) is 13.5. The number of ether oxygens (including phenoxy) is 1. The zero-order valence-electron chi connectivity index (χ0n) is 11.1. The molecule has 1 aliphatic rings. The molecule has 0 aromatic heterocycles. The number of carbonyl (C=O) groups is 1. The summed E-state index contributed by atoms with van der Waals surface area (Å²) in [6.07, 6.45) is 5.62. The Bertz CT molecular complexity index is 236. The number of hydrogen-bond donors (Lipinski definition) is 0. The molecule has 0 heterocycles. The molecule has 1 unspecified atom stereocenters. The molecule has 1 rings (SSSR count). The fourth-order valence-electron chi connectivity index (χ4n) is 2.25. The Kier molecular flexibility index (Phi) is 4.78. The number of nitrogens with zero attached hydrogens (tertiary/aromatic N) is 1. The van der Waals surface area contributed by atoms with E-state index in [1.807, 2.05) is 6.92 Å². The fraction of sp³-hybridized carbons (Fsp3) is 0.923. The Balaban J connectivity index is 2.52. The molecule has 0 N–H and O–H groups in total. The highest BCUT2D eigenvalue weighted by atomic mass is 16.5. The first-order chi connectivity index (χ1) is 7.48. The second-order valence-electron chi connectivity index (χ2n) is 5.37. The van der Waals surface area contributed by atoms with Gasteiger partial charge in [-0.1, -0.05) is 19.3 Å². The van der Waals surface area contributed by atoms with E-state index < -0.39 is 0 Å². The van der Waals surface area contributed by atoms with Gasteiger partial charge in [-0.3, -0.25) is 4.79 Å². The van der Waals surface area contributed by atoms with Crippen molar-refractivity contribution < 1.29 is 9.53 Å². The molecule has 1 aliphatic carbocycles. The third-order valence-electron chi connectivity index (χ3n) is 3.86. The fourth-order valence-corrected chi connectivity index (χ4v) is 2.25. The molecule has 0 amide bonds. The molecule has 0 bridgehead atoms. The Morgan fingerprint density at radius 3 is 2.44 bits per heavy atom. The third-order valence-corrected chi connectivity index (χ3v) is 3.86. The maximum atomic E-state index is 11.6. The first-order valence-electron chi connectivity index (χ1n) is 6.31. The molecular formula is C13H25NO2. The van der Waals surface area contributed by atoms with Crippen molar-refractivity contribution in [3.63, 3.8) is 0 Å². The highest BCUT2D eigenvalue weighted by Crippen LogP contribution is 2.36. The van der Waals surface area contributed by atoms with E-state index in [0.29, 0.717) is 13.0 Å². The quantitative estimate of drug-likeness (QED) is 0.653. The van der Waals surface area contributed by atoms with Gasteiger partial charge in [0.25, 0.3) is 0 Å². The summed E-state index contributed by atoms with van der Waals surface area (Å²) in [6.45, 7) is 4.50. The molecule has 3 heteroatoms. The van der Waals surface area contributed by atoms with E-state index in [0.717, 1.165) is 12.3 Å². The van der Waals surface area contributed by atoms with Crippen molar-refractivity contribution in [1.29, 1.82) is 0 Å². The monoisotopic (exact) mass is 227 g/mol. The summed E-state index contributed by atoms with van der Waals surface area (Å²) in [5, 5.41) is 0. The lowest BCUT2D eigenvalue weighted by Crippen LogP contribution is -2.45. The summed E-state index contributed by atoms with van der Waals surface area (Å²) in [4.78, 5) is 13.8. The zero-order chi connectivity index (χ0) is 12.2. The standard InChI is InChI=1S/C13H25NO2/c1-5-16-12(15)10-13(2,14(3)4)9-11-7-6-8-11/h11H,5-10H2,1-4H3. The van der Waals surface area contributed by atoms with Gasteiger partial charge >= 0.3 is 5.97 Å². The van der Waals surface area contributed by atoms with Gasteiger partial charge in [0, 0.05) is 5.54 Å². The number of carbonyl (C=O) groups excluding carboxylic acids is 1. The van der Waals surface area contributed by atoms with Crippen molar-refractivity contribution in [3.8, 4) is 0 Å². The first-order valence-corrected chi connectivity index (χ1v) is 6.31. The van der Waals surface area contributed by atoms with Gasteiger partial charge in [0.1, 0.15) is 0 Å². The van der Waals surface area contributed by atoms with Crippen LogP contribution in [0.15, 0.2) is 0 Å². The lowest BCUT2D eigenvalue weighted by Gasteiger charge is -2.41. The average Bonchev–Trinajstić information content (AvgIpc) is 2.11. The van der Waals surface area contributed by atoms with E-state index in [4.69, 9.17) is 4.74 Å². The minimum absolute atomic E-state index is 0.0443. The van der Waals surface area contributed by atoms with E-state index in [9.17, 15) is 4.79 Å². The number of rotatable bonds is 6. The van der Waals surface area contributed by atoms with Gasteiger partial charge in [-0.15, -0.1) is 0 Å². The van der Waals surface area contributed by atoms with E-state index in [1.54, 1.807) is 0 Å². The van der Waals surface area contributed by atoms with Crippen molar-refractivity contribution in [2.75, 3.05) is 20.7 Å². The SMILES string of the molecule is CCOC(=O)CC(C)(CC1CCC1)N(C)C. The summed E-state index contributed by atoms with van der Waals surface area (Å²) in [6, 6.07) is 0. The Labute approximate surface area is 99.1 Å². The Morgan fingerprint density at radius 1 is 1.44 bits per heavy atom. The molecule has 16 heavy (non-hydrogen) atoms. The van der Waals surface area contributed by atoms with Gasteiger partial charge in [0.05, 0.1) is 13.0 Å². The van der Waals surface area contributed by atoms with Crippen LogP contribution in [-0.4, -0.2) is 37.1 Å².